The van der Waals surface area contributed by atoms with E-state index in [9.17, 15) is 0 Å². The lowest BCUT2D eigenvalue weighted by atomic mass is 10.0. The minimum Gasteiger partial charge on any atom is -0.355 e. The first kappa shape index (κ1) is 20.0. The van der Waals surface area contributed by atoms with Gasteiger partial charge in [0.15, 0.2) is 5.96 Å². The van der Waals surface area contributed by atoms with E-state index in [-0.39, 0.29) is 24.0 Å². The van der Waals surface area contributed by atoms with Gasteiger partial charge in [-0.3, -0.25) is 9.89 Å². The van der Waals surface area contributed by atoms with E-state index in [1.54, 1.807) is 0 Å². The van der Waals surface area contributed by atoms with Crippen molar-refractivity contribution in [2.24, 2.45) is 10.9 Å². The van der Waals surface area contributed by atoms with Gasteiger partial charge in [-0.1, -0.05) is 6.92 Å². The fraction of sp³-hybridized carbons (Fsp3) is 0.938. The van der Waals surface area contributed by atoms with Gasteiger partial charge in [-0.05, 0) is 32.7 Å². The average molecular weight is 423 g/mol. The second-order valence-corrected chi connectivity index (χ2v) is 6.81. The number of halogens is 1. The summed E-state index contributed by atoms with van der Waals surface area (Å²) in [6.07, 6.45) is 2.64. The lowest BCUT2D eigenvalue weighted by Gasteiger charge is -2.38. The van der Waals surface area contributed by atoms with Crippen LogP contribution in [-0.4, -0.2) is 86.6 Å². The van der Waals surface area contributed by atoms with E-state index in [1.165, 1.54) is 39.0 Å². The molecule has 2 heterocycles. The van der Waals surface area contributed by atoms with Crippen LogP contribution in [-0.2, 0) is 0 Å². The molecule has 0 aliphatic carbocycles. The third-order valence-electron chi connectivity index (χ3n) is 4.89. The highest BCUT2D eigenvalue weighted by molar-refractivity contribution is 14.0. The Morgan fingerprint density at radius 1 is 1.23 bits per heavy atom. The quantitative estimate of drug-likeness (QED) is 0.425. The van der Waals surface area contributed by atoms with Gasteiger partial charge in [-0.2, -0.15) is 0 Å². The molecule has 0 bridgehead atoms. The second kappa shape index (κ2) is 9.93. The third kappa shape index (κ3) is 5.85. The summed E-state index contributed by atoms with van der Waals surface area (Å²) >= 11 is 0. The molecule has 2 saturated heterocycles. The monoisotopic (exact) mass is 423 g/mol. The molecule has 6 heteroatoms. The molecule has 5 nitrogen and oxygen atoms in total. The Hall–Kier alpha value is -0.0800. The average Bonchev–Trinajstić information content (AvgIpc) is 2.48. The number of rotatable bonds is 3. The standard InChI is InChI=1S/C16H33N5.HI/c1-14-6-5-7-21(13-14)16(17-3)18-12-15(2)20-10-8-19(4)9-11-20;/h14-15H,5-13H2,1-4H3,(H,17,18);1H. The molecule has 2 atom stereocenters. The molecule has 2 unspecified atom stereocenters. The molecule has 0 saturated carbocycles. The smallest absolute Gasteiger partial charge is 0.193 e. The van der Waals surface area contributed by atoms with Crippen molar-refractivity contribution < 1.29 is 0 Å². The van der Waals surface area contributed by atoms with Crippen LogP contribution >= 0.6 is 24.0 Å². The number of nitrogens with zero attached hydrogens (tertiary/aromatic N) is 4. The van der Waals surface area contributed by atoms with Crippen LogP contribution in [0, 0.1) is 5.92 Å². The summed E-state index contributed by atoms with van der Waals surface area (Å²) < 4.78 is 0. The van der Waals surface area contributed by atoms with Gasteiger partial charge in [0.1, 0.15) is 0 Å². The van der Waals surface area contributed by atoms with Crippen molar-refractivity contribution in [1.29, 1.82) is 0 Å². The molecule has 0 radical (unpaired) electrons. The first-order chi connectivity index (χ1) is 10.1. The number of aliphatic imine (C=N–C) groups is 1. The summed E-state index contributed by atoms with van der Waals surface area (Å²) in [4.78, 5) is 11.9. The zero-order valence-corrected chi connectivity index (χ0v) is 17.0. The van der Waals surface area contributed by atoms with Crippen LogP contribution in [0.25, 0.3) is 0 Å². The highest BCUT2D eigenvalue weighted by Gasteiger charge is 2.22. The molecule has 22 heavy (non-hydrogen) atoms. The van der Waals surface area contributed by atoms with Crippen LogP contribution in [0.2, 0.25) is 0 Å². The van der Waals surface area contributed by atoms with Crippen molar-refractivity contribution in [2.45, 2.75) is 32.7 Å². The molecule has 0 aromatic rings. The Labute approximate surface area is 153 Å². The molecule has 1 N–H and O–H groups in total. The Kier molecular flexibility index (Phi) is 9.01. The SMILES string of the molecule is CN=C(NCC(C)N1CCN(C)CC1)N1CCCC(C)C1.I. The Morgan fingerprint density at radius 3 is 2.50 bits per heavy atom. The highest BCUT2D eigenvalue weighted by Crippen LogP contribution is 2.15. The number of piperazine rings is 1. The van der Waals surface area contributed by atoms with Gasteiger partial charge in [0, 0.05) is 58.9 Å². The van der Waals surface area contributed by atoms with E-state index >= 15 is 0 Å². The summed E-state index contributed by atoms with van der Waals surface area (Å²) in [5, 5.41) is 3.59. The topological polar surface area (TPSA) is 34.1 Å². The zero-order chi connectivity index (χ0) is 15.2. The fourth-order valence-electron chi connectivity index (χ4n) is 3.34. The maximum atomic E-state index is 4.48. The molecular formula is C16H34IN5. The summed E-state index contributed by atoms with van der Waals surface area (Å²) in [7, 11) is 4.11. The Morgan fingerprint density at radius 2 is 1.91 bits per heavy atom. The lowest BCUT2D eigenvalue weighted by Crippen LogP contribution is -2.53. The van der Waals surface area contributed by atoms with E-state index in [0.717, 1.165) is 31.5 Å². The van der Waals surface area contributed by atoms with Crippen molar-refractivity contribution in [2.75, 3.05) is 59.9 Å². The number of hydrogen-bond donors (Lipinski definition) is 1. The third-order valence-corrected chi connectivity index (χ3v) is 4.89. The van der Waals surface area contributed by atoms with Crippen LogP contribution in [0.4, 0.5) is 0 Å². The largest absolute Gasteiger partial charge is 0.355 e. The lowest BCUT2D eigenvalue weighted by molar-refractivity contribution is 0.119. The molecule has 2 aliphatic rings. The highest BCUT2D eigenvalue weighted by atomic mass is 127. The molecule has 130 valence electrons. The summed E-state index contributed by atoms with van der Waals surface area (Å²) in [6, 6.07) is 0.567. The Balaban J connectivity index is 0.00000242. The second-order valence-electron chi connectivity index (χ2n) is 6.81. The van der Waals surface area contributed by atoms with Crippen LogP contribution in [0.1, 0.15) is 26.7 Å². The molecule has 2 aliphatic heterocycles. The summed E-state index contributed by atoms with van der Waals surface area (Å²) in [5.41, 5.74) is 0. The van der Waals surface area contributed by atoms with E-state index in [4.69, 9.17) is 0 Å². The van der Waals surface area contributed by atoms with Crippen molar-refractivity contribution in [3.63, 3.8) is 0 Å². The molecule has 0 aromatic heterocycles. The van der Waals surface area contributed by atoms with Crippen molar-refractivity contribution in [3.05, 3.63) is 0 Å². The fourth-order valence-corrected chi connectivity index (χ4v) is 3.34. The maximum Gasteiger partial charge on any atom is 0.193 e. The summed E-state index contributed by atoms with van der Waals surface area (Å²) in [6.45, 7) is 12.7. The van der Waals surface area contributed by atoms with Gasteiger partial charge in [-0.15, -0.1) is 24.0 Å². The van der Waals surface area contributed by atoms with Crippen LogP contribution in [0.5, 0.6) is 0 Å². The van der Waals surface area contributed by atoms with Gasteiger partial charge in [-0.25, -0.2) is 0 Å². The number of likely N-dealkylation sites (tertiary alicyclic amines) is 1. The molecule has 2 fully saturated rings. The first-order valence-electron chi connectivity index (χ1n) is 8.48. The predicted molar refractivity (Wildman–Crippen MR) is 105 cm³/mol. The van der Waals surface area contributed by atoms with Gasteiger partial charge < -0.3 is 15.1 Å². The van der Waals surface area contributed by atoms with Gasteiger partial charge in [0.2, 0.25) is 0 Å². The van der Waals surface area contributed by atoms with Crippen molar-refractivity contribution in [1.82, 2.24) is 20.0 Å². The minimum absolute atomic E-state index is 0. The van der Waals surface area contributed by atoms with Crippen molar-refractivity contribution >= 4 is 29.9 Å². The van der Waals surface area contributed by atoms with Gasteiger partial charge in [0.25, 0.3) is 0 Å². The molecular weight excluding hydrogens is 389 g/mol. The van der Waals surface area contributed by atoms with E-state index in [2.05, 4.69) is 45.9 Å². The number of nitrogens with one attached hydrogen (secondary N) is 1. The number of guanidine groups is 1. The maximum absolute atomic E-state index is 4.48. The van der Waals surface area contributed by atoms with Crippen molar-refractivity contribution in [3.8, 4) is 0 Å². The van der Waals surface area contributed by atoms with E-state index in [0.29, 0.717) is 6.04 Å². The van der Waals surface area contributed by atoms with Crippen LogP contribution in [0.3, 0.4) is 0 Å². The molecule has 0 aromatic carbocycles. The molecule has 0 spiro atoms. The van der Waals surface area contributed by atoms with E-state index in [1.807, 2.05) is 7.05 Å². The van der Waals surface area contributed by atoms with Crippen LogP contribution < -0.4 is 5.32 Å². The molecule has 2 rings (SSSR count). The number of hydrogen-bond acceptors (Lipinski definition) is 3. The number of piperidine rings is 1. The minimum atomic E-state index is 0. The zero-order valence-electron chi connectivity index (χ0n) is 14.7. The first-order valence-corrected chi connectivity index (χ1v) is 8.48. The number of likely N-dealkylation sites (N-methyl/N-ethyl adjacent to an activating group) is 1. The van der Waals surface area contributed by atoms with Gasteiger partial charge in [0.05, 0.1) is 0 Å². The van der Waals surface area contributed by atoms with Crippen LogP contribution in [0.15, 0.2) is 4.99 Å². The summed E-state index contributed by atoms with van der Waals surface area (Å²) in [5.74, 6) is 1.87. The normalized spacial score (nSPS) is 26.5. The van der Waals surface area contributed by atoms with Gasteiger partial charge >= 0.3 is 0 Å². The molecule has 0 amide bonds. The Bertz CT molecular complexity index is 341. The predicted octanol–water partition coefficient (Wildman–Crippen LogP) is 1.55. The van der Waals surface area contributed by atoms with E-state index < -0.39 is 0 Å².